The Morgan fingerprint density at radius 1 is 0.903 bits per heavy atom. The number of nitrogens with zero attached hydrogens (tertiary/aromatic N) is 4. The van der Waals surface area contributed by atoms with Gasteiger partial charge in [-0.25, -0.2) is 9.50 Å². The molecule has 3 aromatic heterocycles. The highest BCUT2D eigenvalue weighted by Gasteiger charge is 2.23. The molecule has 0 saturated heterocycles. The third kappa shape index (κ3) is 4.26. The molecule has 7 heteroatoms. The zero-order valence-corrected chi connectivity index (χ0v) is 17.1. The van der Waals surface area contributed by atoms with Gasteiger partial charge in [0.15, 0.2) is 5.65 Å². The third-order valence-corrected chi connectivity index (χ3v) is 5.79. The molecule has 1 aromatic carbocycles. The molecule has 5 rings (SSSR count). The van der Waals surface area contributed by atoms with E-state index in [9.17, 15) is 4.79 Å². The van der Waals surface area contributed by atoms with E-state index in [0.717, 1.165) is 48.4 Å². The first-order chi connectivity index (χ1) is 15.3. The second-order valence-electron chi connectivity index (χ2n) is 7.90. The maximum Gasteiger partial charge on any atom is 0.251 e. The molecule has 1 aliphatic carbocycles. The number of carbonyl (C=O) groups is 1. The van der Waals surface area contributed by atoms with E-state index in [-0.39, 0.29) is 11.9 Å². The second-order valence-corrected chi connectivity index (χ2v) is 7.90. The van der Waals surface area contributed by atoms with Gasteiger partial charge >= 0.3 is 0 Å². The van der Waals surface area contributed by atoms with Gasteiger partial charge in [-0.15, -0.1) is 5.10 Å². The lowest BCUT2D eigenvalue weighted by Crippen LogP contribution is -2.40. The van der Waals surface area contributed by atoms with Gasteiger partial charge in [0.05, 0.1) is 11.9 Å². The van der Waals surface area contributed by atoms with Crippen LogP contribution in [-0.2, 0) is 0 Å². The summed E-state index contributed by atoms with van der Waals surface area (Å²) >= 11 is 0. The molecule has 1 amide bonds. The molecule has 0 spiro atoms. The van der Waals surface area contributed by atoms with Crippen molar-refractivity contribution in [1.82, 2.24) is 24.9 Å². The minimum atomic E-state index is 0.00729. The first kappa shape index (κ1) is 19.2. The summed E-state index contributed by atoms with van der Waals surface area (Å²) in [5.41, 5.74) is 3.49. The minimum absolute atomic E-state index is 0.00729. The van der Waals surface area contributed by atoms with Crippen LogP contribution < -0.4 is 10.6 Å². The molecule has 1 saturated carbocycles. The van der Waals surface area contributed by atoms with Gasteiger partial charge in [-0.1, -0.05) is 18.2 Å². The number of carbonyl (C=O) groups excluding carboxylic acids is 1. The fraction of sp³-hybridized carbons (Fsp3) is 0.250. The van der Waals surface area contributed by atoms with Crippen LogP contribution in [0.5, 0.6) is 0 Å². The lowest BCUT2D eigenvalue weighted by atomic mass is 9.91. The summed E-state index contributed by atoms with van der Waals surface area (Å²) in [7, 11) is 0. The van der Waals surface area contributed by atoms with Crippen molar-refractivity contribution in [2.24, 2.45) is 0 Å². The Hall–Kier alpha value is -3.74. The smallest absolute Gasteiger partial charge is 0.251 e. The van der Waals surface area contributed by atoms with E-state index >= 15 is 0 Å². The first-order valence-corrected chi connectivity index (χ1v) is 10.6. The van der Waals surface area contributed by atoms with Crippen molar-refractivity contribution in [2.75, 3.05) is 5.32 Å². The average molecular weight is 412 g/mol. The number of hydrogen-bond acceptors (Lipinski definition) is 5. The topological polar surface area (TPSA) is 84.2 Å². The Bertz CT molecular complexity index is 1170. The highest BCUT2D eigenvalue weighted by atomic mass is 16.1. The Balaban J connectivity index is 1.22. The maximum atomic E-state index is 12.4. The molecule has 1 aliphatic rings. The van der Waals surface area contributed by atoms with Crippen molar-refractivity contribution in [2.45, 2.75) is 37.8 Å². The van der Waals surface area contributed by atoms with Gasteiger partial charge in [0.1, 0.15) is 5.82 Å². The molecule has 2 N–H and O–H groups in total. The van der Waals surface area contributed by atoms with E-state index in [1.54, 1.807) is 12.4 Å². The molecule has 0 bridgehead atoms. The zero-order valence-electron chi connectivity index (χ0n) is 17.1. The van der Waals surface area contributed by atoms with Crippen LogP contribution >= 0.6 is 0 Å². The van der Waals surface area contributed by atoms with E-state index in [2.05, 4.69) is 20.6 Å². The van der Waals surface area contributed by atoms with E-state index in [0.29, 0.717) is 11.6 Å². The van der Waals surface area contributed by atoms with Crippen LogP contribution in [0.3, 0.4) is 0 Å². The van der Waals surface area contributed by atoms with Gasteiger partial charge < -0.3 is 10.6 Å². The molecule has 0 unspecified atom stereocenters. The van der Waals surface area contributed by atoms with E-state index in [1.165, 1.54) is 0 Å². The molecule has 0 aliphatic heterocycles. The third-order valence-electron chi connectivity index (χ3n) is 5.79. The van der Waals surface area contributed by atoms with Gasteiger partial charge in [0, 0.05) is 35.6 Å². The molecule has 0 radical (unpaired) electrons. The van der Waals surface area contributed by atoms with Crippen molar-refractivity contribution in [3.63, 3.8) is 0 Å². The fourth-order valence-corrected chi connectivity index (χ4v) is 4.12. The predicted octanol–water partition coefficient (Wildman–Crippen LogP) is 3.94. The number of anilines is 1. The lowest BCUT2D eigenvalue weighted by Gasteiger charge is -2.30. The highest BCUT2D eigenvalue weighted by molar-refractivity contribution is 5.94. The van der Waals surface area contributed by atoms with Crippen LogP contribution in [0, 0.1) is 0 Å². The summed E-state index contributed by atoms with van der Waals surface area (Å²) in [5, 5.41) is 11.5. The van der Waals surface area contributed by atoms with Crippen LogP contribution in [0.4, 0.5) is 5.82 Å². The van der Waals surface area contributed by atoms with E-state index < -0.39 is 0 Å². The number of nitrogens with one attached hydrogen (secondary N) is 2. The number of amides is 1. The number of aromatic nitrogens is 4. The van der Waals surface area contributed by atoms with Gasteiger partial charge in [0.25, 0.3) is 5.91 Å². The van der Waals surface area contributed by atoms with Gasteiger partial charge in [-0.2, -0.15) is 0 Å². The molecular weight excluding hydrogens is 388 g/mol. The molecule has 4 aromatic rings. The SMILES string of the molecule is O=C(NC1CCC(Nc2ccc3ncc(-c4ccncc4)n3n2)CC1)c1ccccc1. The Kier molecular flexibility index (Phi) is 5.31. The monoisotopic (exact) mass is 412 g/mol. The van der Waals surface area contributed by atoms with Crippen LogP contribution in [0.15, 0.2) is 73.2 Å². The maximum absolute atomic E-state index is 12.4. The van der Waals surface area contributed by atoms with Crippen LogP contribution in [0.25, 0.3) is 16.9 Å². The Morgan fingerprint density at radius 2 is 1.65 bits per heavy atom. The fourth-order valence-electron chi connectivity index (χ4n) is 4.12. The van der Waals surface area contributed by atoms with E-state index in [1.807, 2.05) is 65.3 Å². The van der Waals surface area contributed by atoms with Crippen LogP contribution in [0.2, 0.25) is 0 Å². The number of rotatable bonds is 5. The summed E-state index contributed by atoms with van der Waals surface area (Å²) in [4.78, 5) is 20.9. The molecule has 1 fully saturated rings. The van der Waals surface area contributed by atoms with Crippen molar-refractivity contribution in [3.8, 4) is 11.3 Å². The zero-order chi connectivity index (χ0) is 21.0. The quantitative estimate of drug-likeness (QED) is 0.519. The normalized spacial score (nSPS) is 18.6. The summed E-state index contributed by atoms with van der Waals surface area (Å²) in [6.45, 7) is 0. The average Bonchev–Trinajstić information content (AvgIpc) is 3.25. The first-order valence-electron chi connectivity index (χ1n) is 10.6. The Labute approximate surface area is 180 Å². The molecule has 31 heavy (non-hydrogen) atoms. The molecule has 3 heterocycles. The Morgan fingerprint density at radius 3 is 2.42 bits per heavy atom. The summed E-state index contributed by atoms with van der Waals surface area (Å²) in [6.07, 6.45) is 9.25. The van der Waals surface area contributed by atoms with Crippen LogP contribution in [0.1, 0.15) is 36.0 Å². The number of fused-ring (bicyclic) bond motifs is 1. The van der Waals surface area contributed by atoms with E-state index in [4.69, 9.17) is 5.10 Å². The van der Waals surface area contributed by atoms with Gasteiger partial charge in [0.2, 0.25) is 0 Å². The highest BCUT2D eigenvalue weighted by Crippen LogP contribution is 2.24. The molecular formula is C24H24N6O. The largest absolute Gasteiger partial charge is 0.366 e. The van der Waals surface area contributed by atoms with Gasteiger partial charge in [-0.05, 0) is 62.1 Å². The standard InChI is InChI=1S/C24H24N6O/c31-24(18-4-2-1-3-5-18)28-20-8-6-19(7-9-20)27-22-10-11-23-26-16-21(30(23)29-22)17-12-14-25-15-13-17/h1-5,10-16,19-20H,6-9H2,(H,27,29)(H,28,31). The second kappa shape index (κ2) is 8.55. The minimum Gasteiger partial charge on any atom is -0.366 e. The number of pyridine rings is 1. The molecule has 7 nitrogen and oxygen atoms in total. The molecule has 156 valence electrons. The van der Waals surface area contributed by atoms with Crippen molar-refractivity contribution < 1.29 is 4.79 Å². The number of hydrogen-bond donors (Lipinski definition) is 2. The van der Waals surface area contributed by atoms with Gasteiger partial charge in [-0.3, -0.25) is 9.78 Å². The number of imidazole rings is 1. The van der Waals surface area contributed by atoms with Crippen molar-refractivity contribution in [3.05, 3.63) is 78.8 Å². The van der Waals surface area contributed by atoms with Crippen molar-refractivity contribution in [1.29, 1.82) is 0 Å². The predicted molar refractivity (Wildman–Crippen MR) is 120 cm³/mol. The summed E-state index contributed by atoms with van der Waals surface area (Å²) in [6, 6.07) is 17.8. The summed E-state index contributed by atoms with van der Waals surface area (Å²) in [5.74, 6) is 0.838. The molecule has 0 atom stereocenters. The number of benzene rings is 1. The van der Waals surface area contributed by atoms with Crippen LogP contribution in [-0.4, -0.2) is 37.6 Å². The van der Waals surface area contributed by atoms with Crippen molar-refractivity contribution >= 4 is 17.4 Å². The lowest BCUT2D eigenvalue weighted by molar-refractivity contribution is 0.0926. The summed E-state index contributed by atoms with van der Waals surface area (Å²) < 4.78 is 1.86.